The molecular formula is C18H21N5O2. The molecule has 1 saturated heterocycles. The lowest BCUT2D eigenvalue weighted by atomic mass is 9.99. The van der Waals surface area contributed by atoms with Gasteiger partial charge in [-0.3, -0.25) is 9.48 Å². The Morgan fingerprint density at radius 1 is 1.36 bits per heavy atom. The van der Waals surface area contributed by atoms with Crippen LogP contribution in [0.2, 0.25) is 0 Å². The topological polar surface area (TPSA) is 74.0 Å². The van der Waals surface area contributed by atoms with Crippen LogP contribution in [-0.2, 0) is 23.1 Å². The van der Waals surface area contributed by atoms with Gasteiger partial charge in [0.25, 0.3) is 0 Å². The summed E-state index contributed by atoms with van der Waals surface area (Å²) in [4.78, 5) is 16.7. The van der Waals surface area contributed by atoms with Crippen LogP contribution < -0.4 is 5.32 Å². The number of benzene rings is 1. The highest BCUT2D eigenvalue weighted by Gasteiger charge is 2.31. The molecule has 1 fully saturated rings. The van der Waals surface area contributed by atoms with E-state index in [2.05, 4.69) is 15.4 Å². The maximum absolute atomic E-state index is 12.4. The van der Waals surface area contributed by atoms with Gasteiger partial charge in [0.15, 0.2) is 0 Å². The molecule has 0 saturated carbocycles. The van der Waals surface area contributed by atoms with E-state index in [1.54, 1.807) is 12.5 Å². The fourth-order valence-electron chi connectivity index (χ4n) is 3.42. The van der Waals surface area contributed by atoms with Crippen LogP contribution in [-0.4, -0.2) is 38.4 Å². The molecule has 0 spiro atoms. The van der Waals surface area contributed by atoms with Gasteiger partial charge in [0.2, 0.25) is 5.91 Å². The Kier molecular flexibility index (Phi) is 4.23. The number of aryl methyl sites for hydroxylation is 1. The first-order chi connectivity index (χ1) is 12.2. The van der Waals surface area contributed by atoms with Gasteiger partial charge in [0, 0.05) is 32.3 Å². The summed E-state index contributed by atoms with van der Waals surface area (Å²) >= 11 is 0. The Hall–Kier alpha value is -2.67. The standard InChI is InChI=1S/C18H21N5O2/c1-22-16(6-8-21-22)18-13(7-9-25-18)10-19-17(24)11-23-12-20-14-4-2-3-5-15(14)23/h2-6,8,12-13,18H,7,9-11H2,1H3,(H,19,24)/t13-,18+/m0/s1. The van der Waals surface area contributed by atoms with Gasteiger partial charge in [0.05, 0.1) is 23.1 Å². The van der Waals surface area contributed by atoms with Crippen LogP contribution >= 0.6 is 0 Å². The van der Waals surface area contributed by atoms with E-state index in [0.29, 0.717) is 13.2 Å². The molecule has 2 aromatic heterocycles. The lowest BCUT2D eigenvalue weighted by Gasteiger charge is -2.19. The van der Waals surface area contributed by atoms with Crippen molar-refractivity contribution in [3.05, 3.63) is 48.5 Å². The number of nitrogens with one attached hydrogen (secondary N) is 1. The summed E-state index contributed by atoms with van der Waals surface area (Å²) in [7, 11) is 1.91. The quantitative estimate of drug-likeness (QED) is 0.767. The van der Waals surface area contributed by atoms with Crippen LogP contribution in [0.3, 0.4) is 0 Å². The highest BCUT2D eigenvalue weighted by atomic mass is 16.5. The molecule has 0 aliphatic carbocycles. The second-order valence-electron chi connectivity index (χ2n) is 6.39. The largest absolute Gasteiger partial charge is 0.372 e. The maximum Gasteiger partial charge on any atom is 0.240 e. The molecule has 7 heteroatoms. The second-order valence-corrected chi connectivity index (χ2v) is 6.39. The van der Waals surface area contributed by atoms with Gasteiger partial charge in [-0.05, 0) is 24.6 Å². The minimum atomic E-state index is -0.0150. The average molecular weight is 339 g/mol. The molecule has 130 valence electrons. The average Bonchev–Trinajstić information content (AvgIpc) is 3.33. The number of carbonyl (C=O) groups excluding carboxylic acids is 1. The maximum atomic E-state index is 12.4. The third kappa shape index (κ3) is 3.15. The lowest BCUT2D eigenvalue weighted by Crippen LogP contribution is -2.33. The number of hydrogen-bond acceptors (Lipinski definition) is 4. The Balaban J connectivity index is 1.38. The van der Waals surface area contributed by atoms with Crippen molar-refractivity contribution in [2.45, 2.75) is 19.1 Å². The Morgan fingerprint density at radius 2 is 2.24 bits per heavy atom. The van der Waals surface area contributed by atoms with E-state index in [9.17, 15) is 4.79 Å². The van der Waals surface area contributed by atoms with Crippen LogP contribution in [0.4, 0.5) is 0 Å². The van der Waals surface area contributed by atoms with E-state index in [4.69, 9.17) is 4.74 Å². The number of aromatic nitrogens is 4. The number of nitrogens with zero attached hydrogens (tertiary/aromatic N) is 4. The highest BCUT2D eigenvalue weighted by Crippen LogP contribution is 2.33. The Morgan fingerprint density at radius 3 is 3.08 bits per heavy atom. The number of imidazole rings is 1. The van der Waals surface area contributed by atoms with Gasteiger partial charge in [-0.15, -0.1) is 0 Å². The van der Waals surface area contributed by atoms with E-state index >= 15 is 0 Å². The summed E-state index contributed by atoms with van der Waals surface area (Å²) in [6.07, 6.45) is 4.41. The molecule has 4 rings (SSSR count). The molecule has 0 radical (unpaired) electrons. The minimum absolute atomic E-state index is 0.0122. The first kappa shape index (κ1) is 15.8. The molecule has 1 N–H and O–H groups in total. The first-order valence-corrected chi connectivity index (χ1v) is 8.48. The summed E-state index contributed by atoms with van der Waals surface area (Å²) in [6.45, 7) is 1.58. The van der Waals surface area contributed by atoms with Gasteiger partial charge < -0.3 is 14.6 Å². The molecule has 1 aliphatic heterocycles. The van der Waals surface area contributed by atoms with E-state index in [-0.39, 0.29) is 24.5 Å². The van der Waals surface area contributed by atoms with Crippen LogP contribution in [0.15, 0.2) is 42.9 Å². The Bertz CT molecular complexity index is 884. The van der Waals surface area contributed by atoms with Crippen molar-refractivity contribution in [1.29, 1.82) is 0 Å². The number of amides is 1. The third-order valence-corrected chi connectivity index (χ3v) is 4.77. The van der Waals surface area contributed by atoms with Crippen LogP contribution in [0.25, 0.3) is 11.0 Å². The molecule has 0 bridgehead atoms. The molecule has 25 heavy (non-hydrogen) atoms. The monoisotopic (exact) mass is 339 g/mol. The van der Waals surface area contributed by atoms with Gasteiger partial charge in [-0.1, -0.05) is 12.1 Å². The molecule has 3 heterocycles. The van der Waals surface area contributed by atoms with Crippen molar-refractivity contribution >= 4 is 16.9 Å². The normalized spacial score (nSPS) is 20.2. The fourth-order valence-corrected chi connectivity index (χ4v) is 3.42. The van der Waals surface area contributed by atoms with Crippen LogP contribution in [0, 0.1) is 5.92 Å². The molecule has 1 amide bonds. The van der Waals surface area contributed by atoms with E-state index in [1.807, 2.05) is 46.6 Å². The minimum Gasteiger partial charge on any atom is -0.372 e. The van der Waals surface area contributed by atoms with Crippen molar-refractivity contribution in [1.82, 2.24) is 24.6 Å². The zero-order valence-corrected chi connectivity index (χ0v) is 14.1. The summed E-state index contributed by atoms with van der Waals surface area (Å²) in [6, 6.07) is 9.78. The summed E-state index contributed by atoms with van der Waals surface area (Å²) in [5.41, 5.74) is 2.92. The number of ether oxygens (including phenoxy) is 1. The molecule has 2 atom stereocenters. The number of rotatable bonds is 5. The van der Waals surface area contributed by atoms with Crippen molar-refractivity contribution in [3.8, 4) is 0 Å². The van der Waals surface area contributed by atoms with Crippen molar-refractivity contribution in [3.63, 3.8) is 0 Å². The zero-order valence-electron chi connectivity index (χ0n) is 14.1. The molecule has 3 aromatic rings. The lowest BCUT2D eigenvalue weighted by molar-refractivity contribution is -0.121. The smallest absolute Gasteiger partial charge is 0.240 e. The zero-order chi connectivity index (χ0) is 17.2. The first-order valence-electron chi connectivity index (χ1n) is 8.48. The van der Waals surface area contributed by atoms with Crippen molar-refractivity contribution in [2.75, 3.05) is 13.2 Å². The molecule has 0 unspecified atom stereocenters. The van der Waals surface area contributed by atoms with Crippen LogP contribution in [0.1, 0.15) is 18.2 Å². The number of hydrogen-bond donors (Lipinski definition) is 1. The molecule has 1 aromatic carbocycles. The van der Waals surface area contributed by atoms with Crippen molar-refractivity contribution < 1.29 is 9.53 Å². The Labute approximate surface area is 145 Å². The molecular weight excluding hydrogens is 318 g/mol. The highest BCUT2D eigenvalue weighted by molar-refractivity contribution is 5.80. The predicted molar refractivity (Wildman–Crippen MR) is 92.8 cm³/mol. The summed E-state index contributed by atoms with van der Waals surface area (Å²) in [5, 5.41) is 7.25. The number of para-hydroxylation sites is 2. The van der Waals surface area contributed by atoms with Gasteiger partial charge in [-0.25, -0.2) is 4.98 Å². The summed E-state index contributed by atoms with van der Waals surface area (Å²) < 4.78 is 9.56. The summed E-state index contributed by atoms with van der Waals surface area (Å²) in [5.74, 6) is 0.248. The SMILES string of the molecule is Cn1nccc1[C@@H]1OCC[C@H]1CNC(=O)Cn1cnc2ccccc21. The molecule has 7 nitrogen and oxygen atoms in total. The molecule has 1 aliphatic rings. The van der Waals surface area contributed by atoms with E-state index < -0.39 is 0 Å². The predicted octanol–water partition coefficient (Wildman–Crippen LogP) is 1.66. The second kappa shape index (κ2) is 6.68. The van der Waals surface area contributed by atoms with Gasteiger partial charge >= 0.3 is 0 Å². The third-order valence-electron chi connectivity index (χ3n) is 4.77. The van der Waals surface area contributed by atoms with Crippen LogP contribution in [0.5, 0.6) is 0 Å². The number of carbonyl (C=O) groups is 1. The van der Waals surface area contributed by atoms with E-state index in [1.165, 1.54) is 0 Å². The fraction of sp³-hybridized carbons (Fsp3) is 0.389. The van der Waals surface area contributed by atoms with Gasteiger partial charge in [0.1, 0.15) is 12.6 Å². The van der Waals surface area contributed by atoms with Gasteiger partial charge in [-0.2, -0.15) is 5.10 Å². The number of fused-ring (bicyclic) bond motifs is 1. The van der Waals surface area contributed by atoms with E-state index in [0.717, 1.165) is 23.1 Å². The van der Waals surface area contributed by atoms with Crippen molar-refractivity contribution in [2.24, 2.45) is 13.0 Å².